The zero-order valence-electron chi connectivity index (χ0n) is 15.3. The molecule has 0 unspecified atom stereocenters. The quantitative estimate of drug-likeness (QED) is 0.777. The summed E-state index contributed by atoms with van der Waals surface area (Å²) in [5.74, 6) is 0.832. The van der Waals surface area contributed by atoms with Crippen molar-refractivity contribution in [3.8, 4) is 0 Å². The first-order valence-corrected chi connectivity index (χ1v) is 10.2. The number of carbonyl (C=O) groups excluding carboxylic acids is 1. The summed E-state index contributed by atoms with van der Waals surface area (Å²) in [6.45, 7) is 6.61. The van der Waals surface area contributed by atoms with E-state index in [4.69, 9.17) is 14.3 Å². The molecular formula is C19H32N2O4. The Bertz CT molecular complexity index is 452. The summed E-state index contributed by atoms with van der Waals surface area (Å²) in [7, 11) is 0. The van der Waals surface area contributed by atoms with Crippen molar-refractivity contribution in [3.63, 3.8) is 0 Å². The molecule has 1 atom stereocenters. The molecule has 4 fully saturated rings. The molecule has 4 saturated heterocycles. The summed E-state index contributed by atoms with van der Waals surface area (Å²) in [5, 5.41) is 1.55. The summed E-state index contributed by atoms with van der Waals surface area (Å²) >= 11 is 0. The van der Waals surface area contributed by atoms with Crippen molar-refractivity contribution in [1.29, 1.82) is 0 Å². The SMILES string of the molecule is O=C([C@H]1CCC2(CCN(CC3CCOCC3)CC2)O1)N1CCCCO1. The molecular weight excluding hydrogens is 320 g/mol. The van der Waals surface area contributed by atoms with Crippen LogP contribution in [0.25, 0.3) is 0 Å². The van der Waals surface area contributed by atoms with Gasteiger partial charge in [-0.3, -0.25) is 9.63 Å². The fourth-order valence-electron chi connectivity index (χ4n) is 4.72. The first-order chi connectivity index (χ1) is 12.2. The average Bonchev–Trinajstić information content (AvgIpc) is 3.09. The van der Waals surface area contributed by atoms with Crippen molar-refractivity contribution in [2.75, 3.05) is 46.0 Å². The smallest absolute Gasteiger partial charge is 0.275 e. The Morgan fingerprint density at radius 3 is 2.48 bits per heavy atom. The third kappa shape index (κ3) is 4.18. The molecule has 4 rings (SSSR count). The minimum atomic E-state index is -0.292. The summed E-state index contributed by atoms with van der Waals surface area (Å²) in [6.07, 6.45) is 8.16. The van der Waals surface area contributed by atoms with Gasteiger partial charge >= 0.3 is 0 Å². The Balaban J connectivity index is 1.24. The van der Waals surface area contributed by atoms with Crippen molar-refractivity contribution < 1.29 is 19.1 Å². The number of rotatable bonds is 3. The lowest BCUT2D eigenvalue weighted by Crippen LogP contribution is -2.48. The monoisotopic (exact) mass is 352 g/mol. The van der Waals surface area contributed by atoms with Gasteiger partial charge in [-0.15, -0.1) is 0 Å². The maximum absolute atomic E-state index is 12.6. The number of hydroxylamine groups is 2. The summed E-state index contributed by atoms with van der Waals surface area (Å²) in [4.78, 5) is 20.7. The van der Waals surface area contributed by atoms with Gasteiger partial charge in [0, 0.05) is 39.4 Å². The molecule has 6 nitrogen and oxygen atoms in total. The Hall–Kier alpha value is -0.690. The summed E-state index contributed by atoms with van der Waals surface area (Å²) in [5.41, 5.74) is -0.0672. The number of hydrogen-bond donors (Lipinski definition) is 0. The first-order valence-electron chi connectivity index (χ1n) is 10.2. The largest absolute Gasteiger partial charge is 0.381 e. The molecule has 0 aromatic carbocycles. The Labute approximate surface area is 150 Å². The van der Waals surface area contributed by atoms with Gasteiger partial charge in [0.1, 0.15) is 6.10 Å². The Morgan fingerprint density at radius 2 is 1.76 bits per heavy atom. The van der Waals surface area contributed by atoms with E-state index in [9.17, 15) is 4.79 Å². The molecule has 4 heterocycles. The van der Waals surface area contributed by atoms with E-state index < -0.39 is 0 Å². The lowest BCUT2D eigenvalue weighted by Gasteiger charge is -2.40. The van der Waals surface area contributed by atoms with Crippen LogP contribution in [0.4, 0.5) is 0 Å². The zero-order chi connectivity index (χ0) is 17.1. The van der Waals surface area contributed by atoms with Gasteiger partial charge in [0.2, 0.25) is 0 Å². The van der Waals surface area contributed by atoms with Gasteiger partial charge in [-0.1, -0.05) is 0 Å². The number of likely N-dealkylation sites (tertiary alicyclic amines) is 1. The number of hydrogen-bond acceptors (Lipinski definition) is 5. The number of amides is 1. The highest BCUT2D eigenvalue weighted by Crippen LogP contribution is 2.40. The van der Waals surface area contributed by atoms with Crippen LogP contribution in [0, 0.1) is 5.92 Å². The van der Waals surface area contributed by atoms with E-state index in [0.29, 0.717) is 13.2 Å². The second-order valence-electron chi connectivity index (χ2n) is 8.17. The van der Waals surface area contributed by atoms with Crippen LogP contribution in [0.3, 0.4) is 0 Å². The highest BCUT2D eigenvalue weighted by Gasteiger charge is 2.46. The summed E-state index contributed by atoms with van der Waals surface area (Å²) in [6, 6.07) is 0. The fourth-order valence-corrected chi connectivity index (χ4v) is 4.72. The van der Waals surface area contributed by atoms with E-state index in [-0.39, 0.29) is 17.6 Å². The van der Waals surface area contributed by atoms with Crippen molar-refractivity contribution in [1.82, 2.24) is 9.96 Å². The maximum Gasteiger partial charge on any atom is 0.275 e. The predicted octanol–water partition coefficient (Wildman–Crippen LogP) is 1.98. The van der Waals surface area contributed by atoms with Crippen molar-refractivity contribution in [3.05, 3.63) is 0 Å². The van der Waals surface area contributed by atoms with E-state index in [0.717, 1.165) is 70.7 Å². The third-order valence-electron chi connectivity index (χ3n) is 6.40. The molecule has 0 bridgehead atoms. The molecule has 142 valence electrons. The molecule has 4 aliphatic rings. The van der Waals surface area contributed by atoms with E-state index in [1.54, 1.807) is 5.06 Å². The molecule has 25 heavy (non-hydrogen) atoms. The molecule has 0 aliphatic carbocycles. The van der Waals surface area contributed by atoms with Gasteiger partial charge in [0.25, 0.3) is 5.91 Å². The minimum Gasteiger partial charge on any atom is -0.381 e. The molecule has 0 aromatic rings. The molecule has 1 spiro atoms. The lowest BCUT2D eigenvalue weighted by molar-refractivity contribution is -0.210. The number of carbonyl (C=O) groups is 1. The van der Waals surface area contributed by atoms with Crippen molar-refractivity contribution in [2.45, 2.75) is 63.1 Å². The van der Waals surface area contributed by atoms with Crippen LogP contribution in [-0.4, -0.2) is 73.6 Å². The number of piperidine rings is 1. The van der Waals surface area contributed by atoms with Gasteiger partial charge in [-0.2, -0.15) is 0 Å². The second-order valence-corrected chi connectivity index (χ2v) is 8.17. The number of ether oxygens (including phenoxy) is 2. The molecule has 6 heteroatoms. The van der Waals surface area contributed by atoms with Crippen LogP contribution >= 0.6 is 0 Å². The first kappa shape index (κ1) is 17.7. The second kappa shape index (κ2) is 7.91. The van der Waals surface area contributed by atoms with Gasteiger partial charge < -0.3 is 14.4 Å². The fraction of sp³-hybridized carbons (Fsp3) is 0.947. The lowest BCUT2D eigenvalue weighted by atomic mass is 9.87. The van der Waals surface area contributed by atoms with Crippen LogP contribution in [0.5, 0.6) is 0 Å². The van der Waals surface area contributed by atoms with Crippen molar-refractivity contribution >= 4 is 5.91 Å². The molecule has 1 amide bonds. The van der Waals surface area contributed by atoms with E-state index in [2.05, 4.69) is 4.90 Å². The van der Waals surface area contributed by atoms with E-state index in [1.807, 2.05) is 0 Å². The van der Waals surface area contributed by atoms with Crippen LogP contribution in [0.1, 0.15) is 51.4 Å². The van der Waals surface area contributed by atoms with E-state index >= 15 is 0 Å². The average molecular weight is 352 g/mol. The molecule has 0 saturated carbocycles. The summed E-state index contributed by atoms with van der Waals surface area (Å²) < 4.78 is 11.8. The standard InChI is InChI=1S/C19H32N2O4/c22-18(21-9-1-2-12-24-21)17-3-6-19(25-17)7-10-20(11-8-19)15-16-4-13-23-14-5-16/h16-17H,1-15H2/t17-/m1/s1. The minimum absolute atomic E-state index is 0.0428. The van der Waals surface area contributed by atoms with E-state index in [1.165, 1.54) is 19.4 Å². The highest BCUT2D eigenvalue weighted by atomic mass is 16.7. The molecule has 4 aliphatic heterocycles. The third-order valence-corrected chi connectivity index (χ3v) is 6.40. The highest BCUT2D eigenvalue weighted by molar-refractivity contribution is 5.80. The Kier molecular flexibility index (Phi) is 5.60. The van der Waals surface area contributed by atoms with Crippen LogP contribution in [0.2, 0.25) is 0 Å². The topological polar surface area (TPSA) is 51.2 Å². The van der Waals surface area contributed by atoms with Gasteiger partial charge in [0.05, 0.1) is 12.2 Å². The number of nitrogens with zero attached hydrogens (tertiary/aromatic N) is 2. The van der Waals surface area contributed by atoms with Gasteiger partial charge in [-0.05, 0) is 57.3 Å². The molecule has 0 aromatic heterocycles. The Morgan fingerprint density at radius 1 is 0.960 bits per heavy atom. The van der Waals surface area contributed by atoms with Gasteiger partial charge in [-0.25, -0.2) is 5.06 Å². The molecule has 0 radical (unpaired) electrons. The zero-order valence-corrected chi connectivity index (χ0v) is 15.3. The normalized spacial score (nSPS) is 31.5. The van der Waals surface area contributed by atoms with Crippen LogP contribution in [0.15, 0.2) is 0 Å². The van der Waals surface area contributed by atoms with Crippen LogP contribution < -0.4 is 0 Å². The van der Waals surface area contributed by atoms with Crippen molar-refractivity contribution in [2.24, 2.45) is 5.92 Å². The molecule has 0 N–H and O–H groups in total. The maximum atomic E-state index is 12.6. The van der Waals surface area contributed by atoms with Gasteiger partial charge in [0.15, 0.2) is 0 Å². The van der Waals surface area contributed by atoms with Crippen LogP contribution in [-0.2, 0) is 19.1 Å². The predicted molar refractivity (Wildman–Crippen MR) is 93.0 cm³/mol.